The molecule has 11 heteroatoms. The fraction of sp³-hybridized carbons (Fsp3) is 0.781. The smallest absolute Gasteiger partial charge is 0.306 e. The summed E-state index contributed by atoms with van der Waals surface area (Å²) in [6, 6.07) is -1.04. The molecule has 0 aromatic heterocycles. The summed E-state index contributed by atoms with van der Waals surface area (Å²) in [6.07, 6.45) is 55.1. The third-order valence-electron chi connectivity index (χ3n) is 14.1. The van der Waals surface area contributed by atoms with Gasteiger partial charge in [-0.1, -0.05) is 229 Å². The van der Waals surface area contributed by atoms with Crippen LogP contribution in [0.4, 0.5) is 0 Å². The van der Waals surface area contributed by atoms with Crippen molar-refractivity contribution in [2.24, 2.45) is 0 Å². The van der Waals surface area contributed by atoms with E-state index in [9.17, 15) is 35.1 Å². The Labute approximate surface area is 458 Å². The maximum Gasteiger partial charge on any atom is 0.306 e. The maximum atomic E-state index is 13.4. The number of allylic oxidation sites excluding steroid dienone is 11. The Morgan fingerprint density at radius 3 is 1.41 bits per heavy atom. The maximum absolute atomic E-state index is 13.4. The third-order valence-corrected chi connectivity index (χ3v) is 14.1. The first kappa shape index (κ1) is 70.1. The lowest BCUT2D eigenvalue weighted by molar-refractivity contribution is -0.305. The van der Waals surface area contributed by atoms with Crippen LogP contribution in [-0.2, 0) is 23.8 Å². The van der Waals surface area contributed by atoms with Gasteiger partial charge in [0.25, 0.3) is 0 Å². The van der Waals surface area contributed by atoms with Crippen molar-refractivity contribution in [2.75, 3.05) is 13.2 Å². The van der Waals surface area contributed by atoms with E-state index < -0.39 is 67.4 Å². The van der Waals surface area contributed by atoms with Gasteiger partial charge in [0.05, 0.1) is 25.4 Å². The Morgan fingerprint density at radius 1 is 0.520 bits per heavy atom. The van der Waals surface area contributed by atoms with Crippen molar-refractivity contribution in [3.63, 3.8) is 0 Å². The number of rotatable bonds is 51. The second-order valence-electron chi connectivity index (χ2n) is 21.1. The first-order valence-electron chi connectivity index (χ1n) is 30.7. The highest BCUT2D eigenvalue weighted by atomic mass is 16.7. The van der Waals surface area contributed by atoms with Crippen molar-refractivity contribution >= 4 is 11.9 Å². The van der Waals surface area contributed by atoms with Gasteiger partial charge in [-0.15, -0.1) is 0 Å². The summed E-state index contributed by atoms with van der Waals surface area (Å²) in [6.45, 7) is 5.73. The van der Waals surface area contributed by atoms with Crippen molar-refractivity contribution in [1.82, 2.24) is 5.32 Å². The van der Waals surface area contributed by atoms with Crippen LogP contribution in [0, 0.1) is 0 Å². The molecular weight excluding hydrogens is 943 g/mol. The van der Waals surface area contributed by atoms with Crippen molar-refractivity contribution in [1.29, 1.82) is 0 Å². The molecule has 1 aliphatic heterocycles. The molecule has 11 nitrogen and oxygen atoms in total. The Morgan fingerprint density at radius 2 is 0.920 bits per heavy atom. The number of carbonyl (C=O) groups excluding carboxylic acids is 2. The summed E-state index contributed by atoms with van der Waals surface area (Å²) in [7, 11) is 0. The molecule has 1 amide bonds. The van der Waals surface area contributed by atoms with Gasteiger partial charge in [0.1, 0.15) is 24.4 Å². The zero-order chi connectivity index (χ0) is 54.7. The van der Waals surface area contributed by atoms with Gasteiger partial charge in [-0.2, -0.15) is 0 Å². The van der Waals surface area contributed by atoms with Gasteiger partial charge < -0.3 is 45.1 Å². The number of unbranched alkanes of at least 4 members (excludes halogenated alkanes) is 27. The molecule has 0 aliphatic carbocycles. The summed E-state index contributed by atoms with van der Waals surface area (Å²) in [5, 5.41) is 56.9. The van der Waals surface area contributed by atoms with Crippen molar-refractivity contribution in [3.05, 3.63) is 72.9 Å². The third kappa shape index (κ3) is 40.0. The van der Waals surface area contributed by atoms with Crippen LogP contribution in [0.15, 0.2) is 72.9 Å². The fourth-order valence-corrected chi connectivity index (χ4v) is 9.16. The summed E-state index contributed by atoms with van der Waals surface area (Å²) in [5.41, 5.74) is 0. The molecule has 434 valence electrons. The summed E-state index contributed by atoms with van der Waals surface area (Å²) in [5.74, 6) is -1.23. The molecule has 0 spiro atoms. The van der Waals surface area contributed by atoms with E-state index in [1.54, 1.807) is 6.08 Å². The van der Waals surface area contributed by atoms with Crippen LogP contribution < -0.4 is 5.32 Å². The number of amides is 1. The normalized spacial score (nSPS) is 19.7. The Balaban J connectivity index is 2.70. The second-order valence-corrected chi connectivity index (χ2v) is 21.1. The molecule has 8 atom stereocenters. The molecule has 6 N–H and O–H groups in total. The van der Waals surface area contributed by atoms with Crippen LogP contribution in [0.2, 0.25) is 0 Å². The first-order valence-corrected chi connectivity index (χ1v) is 30.7. The molecule has 1 aliphatic rings. The summed E-state index contributed by atoms with van der Waals surface area (Å²) >= 11 is 0. The molecule has 0 radical (unpaired) electrons. The van der Waals surface area contributed by atoms with Gasteiger partial charge >= 0.3 is 5.97 Å². The highest BCUT2D eigenvalue weighted by Gasteiger charge is 2.47. The van der Waals surface area contributed by atoms with Crippen LogP contribution in [0.1, 0.15) is 258 Å². The number of hydrogen-bond donors (Lipinski definition) is 6. The average Bonchev–Trinajstić information content (AvgIpc) is 3.41. The van der Waals surface area contributed by atoms with Crippen LogP contribution in [-0.4, -0.2) is 99.6 Å². The number of hydrogen-bond acceptors (Lipinski definition) is 10. The number of aliphatic hydroxyl groups is 5. The van der Waals surface area contributed by atoms with E-state index in [0.29, 0.717) is 12.8 Å². The number of carbonyl (C=O) groups is 2. The van der Waals surface area contributed by atoms with E-state index in [1.807, 2.05) is 6.08 Å². The van der Waals surface area contributed by atoms with Gasteiger partial charge in [0.15, 0.2) is 12.4 Å². The van der Waals surface area contributed by atoms with E-state index in [-0.39, 0.29) is 19.4 Å². The summed E-state index contributed by atoms with van der Waals surface area (Å²) in [4.78, 5) is 26.5. The van der Waals surface area contributed by atoms with Crippen molar-refractivity contribution < 1.29 is 49.3 Å². The number of nitrogens with one attached hydrogen (secondary N) is 1. The van der Waals surface area contributed by atoms with E-state index in [1.165, 1.54) is 122 Å². The number of ether oxygens (including phenoxy) is 3. The molecule has 1 heterocycles. The Hall–Kier alpha value is -2.90. The van der Waals surface area contributed by atoms with Crippen molar-refractivity contribution in [3.8, 4) is 0 Å². The van der Waals surface area contributed by atoms with Gasteiger partial charge in [0.2, 0.25) is 5.91 Å². The monoisotopic (exact) mass is 1060 g/mol. The second kappa shape index (κ2) is 51.8. The highest BCUT2D eigenvalue weighted by Crippen LogP contribution is 2.26. The predicted octanol–water partition coefficient (Wildman–Crippen LogP) is 14.4. The van der Waals surface area contributed by atoms with Crippen LogP contribution in [0.25, 0.3) is 0 Å². The number of aliphatic hydroxyl groups excluding tert-OH is 5. The minimum absolute atomic E-state index is 0.0985. The highest BCUT2D eigenvalue weighted by molar-refractivity contribution is 5.80. The molecule has 0 saturated carbocycles. The quantitative estimate of drug-likeness (QED) is 0.0195. The molecule has 0 aromatic carbocycles. The minimum atomic E-state index is -1.63. The van der Waals surface area contributed by atoms with E-state index in [0.717, 1.165) is 89.9 Å². The molecule has 75 heavy (non-hydrogen) atoms. The van der Waals surface area contributed by atoms with Gasteiger partial charge in [-0.3, -0.25) is 9.59 Å². The SMILES string of the molecule is CCCCC/C=C\C/C=C\C/C=C\C/C=C\CCCCCCCC(=O)OC1C(OCC(NC(=O)C(O)CCCC/C=C\CCCCCCCC)C(O)/C=C/CCCCCCCCCCCCC)OC(CO)C(O)C1O. The van der Waals surface area contributed by atoms with Gasteiger partial charge in [-0.05, 0) is 96.3 Å². The Kier molecular flexibility index (Phi) is 48.5. The van der Waals surface area contributed by atoms with Gasteiger partial charge in [-0.25, -0.2) is 0 Å². The number of esters is 1. The van der Waals surface area contributed by atoms with E-state index in [2.05, 4.69) is 86.8 Å². The Bertz CT molecular complexity index is 1490. The van der Waals surface area contributed by atoms with E-state index >= 15 is 0 Å². The molecular formula is C64H113NO10. The zero-order valence-electron chi connectivity index (χ0n) is 47.9. The van der Waals surface area contributed by atoms with Crippen LogP contribution in [0.5, 0.6) is 0 Å². The lowest BCUT2D eigenvalue weighted by Crippen LogP contribution is -2.61. The van der Waals surface area contributed by atoms with Crippen LogP contribution in [0.3, 0.4) is 0 Å². The fourth-order valence-electron chi connectivity index (χ4n) is 9.16. The molecule has 0 bridgehead atoms. The molecule has 1 rings (SSSR count). The average molecular weight is 1060 g/mol. The van der Waals surface area contributed by atoms with Gasteiger partial charge in [0, 0.05) is 6.42 Å². The predicted molar refractivity (Wildman–Crippen MR) is 310 cm³/mol. The molecule has 1 fully saturated rings. The lowest BCUT2D eigenvalue weighted by atomic mass is 9.99. The zero-order valence-corrected chi connectivity index (χ0v) is 47.9. The standard InChI is InChI=1S/C64H113NO10/c1-4-7-10-13-16-19-22-25-26-27-28-29-30-31-32-34-37-40-43-46-49-52-59(69)75-62-61(71)60(70)58(53-66)74-64(62)73-54-55(56(67)50-47-44-41-38-36-33-23-20-17-14-11-8-5-2)65-63(72)57(68)51-48-45-42-39-35-24-21-18-15-12-9-6-3/h16,19,25-26,28-29,31-32,35,39,47,50,55-58,60-62,64,66-68,70-71H,4-15,17-18,20-24,27,30,33-34,36-38,40-46,48-49,51-54H2,1-3H3,(H,65,72)/b19-16-,26-25-,29-28-,32-31-,39-35-,50-47+. The largest absolute Gasteiger partial charge is 0.454 e. The molecule has 8 unspecified atom stereocenters. The lowest BCUT2D eigenvalue weighted by Gasteiger charge is -2.41. The topological polar surface area (TPSA) is 175 Å². The van der Waals surface area contributed by atoms with E-state index in [4.69, 9.17) is 14.2 Å². The van der Waals surface area contributed by atoms with Crippen LogP contribution >= 0.6 is 0 Å². The minimum Gasteiger partial charge on any atom is -0.454 e. The van der Waals surface area contributed by atoms with Crippen molar-refractivity contribution in [2.45, 2.75) is 307 Å². The molecule has 1 saturated heterocycles. The summed E-state index contributed by atoms with van der Waals surface area (Å²) < 4.78 is 17.6. The first-order chi connectivity index (χ1) is 36.7. The molecule has 0 aromatic rings.